The van der Waals surface area contributed by atoms with Gasteiger partial charge >= 0.3 is 0 Å². The molecule has 3 aromatic heterocycles. The number of carbonyl (C=O) groups is 1. The summed E-state index contributed by atoms with van der Waals surface area (Å²) in [5.74, 6) is 1.08. The predicted molar refractivity (Wildman–Crippen MR) is 109 cm³/mol. The van der Waals surface area contributed by atoms with E-state index >= 15 is 0 Å². The van der Waals surface area contributed by atoms with Gasteiger partial charge in [-0.1, -0.05) is 0 Å². The minimum Gasteiger partial charge on any atom is -0.347 e. The van der Waals surface area contributed by atoms with E-state index in [0.29, 0.717) is 18.4 Å². The van der Waals surface area contributed by atoms with Gasteiger partial charge in [0.15, 0.2) is 0 Å². The highest BCUT2D eigenvalue weighted by atomic mass is 16.1. The molecule has 1 unspecified atom stereocenters. The van der Waals surface area contributed by atoms with E-state index in [1.54, 1.807) is 18.6 Å². The van der Waals surface area contributed by atoms with Gasteiger partial charge in [-0.2, -0.15) is 5.10 Å². The lowest BCUT2D eigenvalue weighted by Gasteiger charge is -2.17. The van der Waals surface area contributed by atoms with Crippen molar-refractivity contribution in [3.8, 4) is 11.3 Å². The van der Waals surface area contributed by atoms with Gasteiger partial charge in [0, 0.05) is 54.9 Å². The summed E-state index contributed by atoms with van der Waals surface area (Å²) >= 11 is 0. The molecule has 0 radical (unpaired) electrons. The molecule has 5 rings (SSSR count). The number of nitrogens with one attached hydrogen (secondary N) is 2. The number of H-pyrrole nitrogens is 1. The van der Waals surface area contributed by atoms with Crippen LogP contribution in [0, 0.1) is 6.92 Å². The average Bonchev–Trinajstić information content (AvgIpc) is 3.37. The van der Waals surface area contributed by atoms with Crippen molar-refractivity contribution in [3.63, 3.8) is 0 Å². The highest BCUT2D eigenvalue weighted by Gasteiger charge is 2.33. The summed E-state index contributed by atoms with van der Waals surface area (Å²) in [7, 11) is 0. The molecule has 148 valence electrons. The van der Waals surface area contributed by atoms with Crippen molar-refractivity contribution in [1.29, 1.82) is 0 Å². The second kappa shape index (κ2) is 7.27. The maximum Gasteiger partial charge on any atom is 0.255 e. The third kappa shape index (κ3) is 3.57. The van der Waals surface area contributed by atoms with Crippen LogP contribution in [0.25, 0.3) is 11.3 Å². The molecule has 8 nitrogen and oxygen atoms in total. The van der Waals surface area contributed by atoms with E-state index in [9.17, 15) is 4.79 Å². The molecule has 8 heteroatoms. The molecule has 0 spiro atoms. The normalized spacial score (nSPS) is 18.8. The molecule has 0 bridgehead atoms. The smallest absolute Gasteiger partial charge is 0.255 e. The van der Waals surface area contributed by atoms with Crippen LogP contribution in [0.1, 0.15) is 46.9 Å². The zero-order valence-corrected chi connectivity index (χ0v) is 16.3. The molecule has 4 heterocycles. The molecule has 1 amide bonds. The number of carbonyl (C=O) groups excluding carboxylic acids is 1. The van der Waals surface area contributed by atoms with Gasteiger partial charge in [-0.05, 0) is 44.4 Å². The van der Waals surface area contributed by atoms with Crippen molar-refractivity contribution in [1.82, 2.24) is 30.5 Å². The number of aromatic amines is 1. The Morgan fingerprint density at radius 3 is 2.93 bits per heavy atom. The van der Waals surface area contributed by atoms with Crippen molar-refractivity contribution in [2.24, 2.45) is 0 Å². The lowest BCUT2D eigenvalue weighted by molar-refractivity contribution is 0.0939. The van der Waals surface area contributed by atoms with Crippen LogP contribution in [0.4, 0.5) is 5.95 Å². The molecule has 0 aromatic carbocycles. The SMILES string of the molecule is Cc1[nH]nc(C2CC2)c1C(=O)NC1CCN(c2nccc(-c3cccnc3)n2)C1. The first-order valence-electron chi connectivity index (χ1n) is 10.0. The average molecular weight is 389 g/mol. The molecule has 1 aliphatic heterocycles. The Morgan fingerprint density at radius 1 is 1.24 bits per heavy atom. The predicted octanol–water partition coefficient (Wildman–Crippen LogP) is 2.46. The maximum atomic E-state index is 12.9. The molecule has 2 fully saturated rings. The number of nitrogens with zero attached hydrogens (tertiary/aromatic N) is 5. The van der Waals surface area contributed by atoms with Crippen molar-refractivity contribution in [2.75, 3.05) is 18.0 Å². The van der Waals surface area contributed by atoms with E-state index in [0.717, 1.165) is 54.0 Å². The third-order valence-electron chi connectivity index (χ3n) is 5.57. The summed E-state index contributed by atoms with van der Waals surface area (Å²) in [6.45, 7) is 3.41. The fraction of sp³-hybridized carbons (Fsp3) is 0.381. The fourth-order valence-electron chi connectivity index (χ4n) is 3.88. The van der Waals surface area contributed by atoms with E-state index in [2.05, 4.69) is 30.4 Å². The summed E-state index contributed by atoms with van der Waals surface area (Å²) in [5.41, 5.74) is 4.29. The zero-order valence-electron chi connectivity index (χ0n) is 16.3. The Morgan fingerprint density at radius 2 is 2.14 bits per heavy atom. The second-order valence-electron chi connectivity index (χ2n) is 7.77. The first kappa shape index (κ1) is 17.8. The minimum absolute atomic E-state index is 0.0324. The molecule has 1 saturated heterocycles. The lowest BCUT2D eigenvalue weighted by atomic mass is 10.1. The van der Waals surface area contributed by atoms with Crippen LogP contribution in [0.2, 0.25) is 0 Å². The quantitative estimate of drug-likeness (QED) is 0.695. The Kier molecular flexibility index (Phi) is 4.46. The van der Waals surface area contributed by atoms with Gasteiger partial charge in [-0.25, -0.2) is 9.97 Å². The Bertz CT molecular complexity index is 1030. The maximum absolute atomic E-state index is 12.9. The molecule has 2 aliphatic rings. The van der Waals surface area contributed by atoms with Crippen LogP contribution < -0.4 is 10.2 Å². The number of aromatic nitrogens is 5. The molecule has 1 saturated carbocycles. The molecule has 29 heavy (non-hydrogen) atoms. The first-order valence-corrected chi connectivity index (χ1v) is 10.0. The first-order chi connectivity index (χ1) is 14.2. The van der Waals surface area contributed by atoms with Gasteiger partial charge in [-0.15, -0.1) is 0 Å². The monoisotopic (exact) mass is 389 g/mol. The standard InChI is InChI=1S/C21H23N7O/c1-13-18(19(27-26-13)14-4-5-14)20(29)24-16-7-10-28(12-16)21-23-9-6-17(25-21)15-3-2-8-22-11-15/h2-3,6,8-9,11,14,16H,4-5,7,10,12H2,1H3,(H,24,29)(H,26,27). The number of pyridine rings is 1. The molecule has 2 N–H and O–H groups in total. The number of hydrogen-bond acceptors (Lipinski definition) is 6. The van der Waals surface area contributed by atoms with Gasteiger partial charge in [0.1, 0.15) is 0 Å². The van der Waals surface area contributed by atoms with Crippen molar-refractivity contribution >= 4 is 11.9 Å². The van der Waals surface area contributed by atoms with E-state index in [1.807, 2.05) is 25.1 Å². The second-order valence-corrected chi connectivity index (χ2v) is 7.77. The van der Waals surface area contributed by atoms with Crippen LogP contribution in [-0.4, -0.2) is 50.2 Å². The fourth-order valence-corrected chi connectivity index (χ4v) is 3.88. The summed E-state index contributed by atoms with van der Waals surface area (Å²) in [6, 6.07) is 5.83. The number of hydrogen-bond donors (Lipinski definition) is 2. The van der Waals surface area contributed by atoms with Crippen LogP contribution in [-0.2, 0) is 0 Å². The van der Waals surface area contributed by atoms with E-state index in [1.165, 1.54) is 0 Å². The Balaban J connectivity index is 1.27. The highest BCUT2D eigenvalue weighted by Crippen LogP contribution is 2.41. The van der Waals surface area contributed by atoms with Crippen molar-refractivity contribution in [2.45, 2.75) is 38.1 Å². The number of aryl methyl sites for hydroxylation is 1. The van der Waals surface area contributed by atoms with Crippen LogP contribution in [0.15, 0.2) is 36.8 Å². The Labute approximate surface area is 168 Å². The summed E-state index contributed by atoms with van der Waals surface area (Å²) in [5, 5.41) is 10.5. The largest absolute Gasteiger partial charge is 0.347 e. The topological polar surface area (TPSA) is 99.7 Å². The van der Waals surface area contributed by atoms with Crippen LogP contribution in [0.3, 0.4) is 0 Å². The lowest BCUT2D eigenvalue weighted by Crippen LogP contribution is -2.37. The minimum atomic E-state index is -0.0324. The third-order valence-corrected chi connectivity index (χ3v) is 5.57. The summed E-state index contributed by atoms with van der Waals surface area (Å²) in [6.07, 6.45) is 8.41. The summed E-state index contributed by atoms with van der Waals surface area (Å²) in [4.78, 5) is 28.3. The zero-order chi connectivity index (χ0) is 19.8. The van der Waals surface area contributed by atoms with E-state index in [-0.39, 0.29) is 11.9 Å². The number of amides is 1. The van der Waals surface area contributed by atoms with Gasteiger partial charge in [0.2, 0.25) is 5.95 Å². The van der Waals surface area contributed by atoms with Crippen molar-refractivity contribution < 1.29 is 4.79 Å². The molecule has 1 atom stereocenters. The highest BCUT2D eigenvalue weighted by molar-refractivity contribution is 5.97. The van der Waals surface area contributed by atoms with Crippen LogP contribution in [0.5, 0.6) is 0 Å². The van der Waals surface area contributed by atoms with Gasteiger partial charge in [-0.3, -0.25) is 14.9 Å². The molecular weight excluding hydrogens is 366 g/mol. The van der Waals surface area contributed by atoms with E-state index in [4.69, 9.17) is 4.98 Å². The van der Waals surface area contributed by atoms with Crippen LogP contribution >= 0.6 is 0 Å². The summed E-state index contributed by atoms with van der Waals surface area (Å²) < 4.78 is 0. The van der Waals surface area contributed by atoms with E-state index < -0.39 is 0 Å². The number of anilines is 1. The Hall–Kier alpha value is -3.29. The molecule has 3 aromatic rings. The van der Waals surface area contributed by atoms with Crippen molar-refractivity contribution in [3.05, 3.63) is 53.7 Å². The molecule has 1 aliphatic carbocycles. The van der Waals surface area contributed by atoms with Gasteiger partial charge < -0.3 is 10.2 Å². The number of rotatable bonds is 5. The van der Waals surface area contributed by atoms with Gasteiger partial charge in [0.05, 0.1) is 17.0 Å². The molecular formula is C21H23N7O. The van der Waals surface area contributed by atoms with Gasteiger partial charge in [0.25, 0.3) is 5.91 Å².